The highest BCUT2D eigenvalue weighted by Gasteiger charge is 2.18. The molecule has 1 amide bonds. The average molecular weight is 322 g/mol. The molecule has 0 aliphatic heterocycles. The lowest BCUT2D eigenvalue weighted by Crippen LogP contribution is -2.32. The molecule has 9 nitrogen and oxygen atoms in total. The number of amides is 1. The standard InChI is InChI=1S/C9H14N4O5S2/c10-7-5-6(9(11)14)1-2-8(7)20(17,18)13-3-4-19(12,15)16/h1-2,5,13H,3-4,10H2,(H2,11,14)(H2,12,15,16). The van der Waals surface area contributed by atoms with E-state index in [2.05, 4.69) is 0 Å². The predicted octanol–water partition coefficient (Wildman–Crippen LogP) is -2.07. The van der Waals surface area contributed by atoms with Crippen LogP contribution < -0.4 is 21.3 Å². The van der Waals surface area contributed by atoms with Crippen LogP contribution in [0.3, 0.4) is 0 Å². The van der Waals surface area contributed by atoms with Gasteiger partial charge in [0.1, 0.15) is 4.90 Å². The summed E-state index contributed by atoms with van der Waals surface area (Å²) in [6.45, 7) is -0.391. The smallest absolute Gasteiger partial charge is 0.248 e. The monoisotopic (exact) mass is 322 g/mol. The number of primary amides is 1. The van der Waals surface area contributed by atoms with E-state index in [4.69, 9.17) is 16.6 Å². The number of carbonyl (C=O) groups is 1. The fourth-order valence-corrected chi connectivity index (χ4v) is 3.00. The van der Waals surface area contributed by atoms with Gasteiger partial charge in [0.2, 0.25) is 26.0 Å². The van der Waals surface area contributed by atoms with E-state index in [9.17, 15) is 21.6 Å². The summed E-state index contributed by atoms with van der Waals surface area (Å²) < 4.78 is 47.2. The number of hydrogen-bond acceptors (Lipinski definition) is 6. The summed E-state index contributed by atoms with van der Waals surface area (Å²) in [5.74, 6) is -1.30. The second-order valence-corrected chi connectivity index (χ2v) is 7.35. The molecule has 0 bridgehead atoms. The van der Waals surface area contributed by atoms with E-state index in [-0.39, 0.29) is 16.1 Å². The normalized spacial score (nSPS) is 12.2. The van der Waals surface area contributed by atoms with Gasteiger partial charge in [-0.1, -0.05) is 0 Å². The van der Waals surface area contributed by atoms with Gasteiger partial charge >= 0.3 is 0 Å². The van der Waals surface area contributed by atoms with E-state index in [1.165, 1.54) is 6.07 Å². The molecule has 112 valence electrons. The van der Waals surface area contributed by atoms with Crippen LogP contribution in [0, 0.1) is 0 Å². The number of nitrogens with one attached hydrogen (secondary N) is 1. The van der Waals surface area contributed by atoms with Gasteiger partial charge in [0, 0.05) is 12.1 Å². The van der Waals surface area contributed by atoms with Gasteiger partial charge in [-0.2, -0.15) is 0 Å². The maximum absolute atomic E-state index is 11.9. The summed E-state index contributed by atoms with van der Waals surface area (Å²) in [5, 5.41) is 4.75. The van der Waals surface area contributed by atoms with Crippen molar-refractivity contribution in [3.05, 3.63) is 23.8 Å². The molecule has 0 fully saturated rings. The third kappa shape index (κ3) is 4.45. The van der Waals surface area contributed by atoms with E-state index in [0.29, 0.717) is 0 Å². The molecule has 0 spiro atoms. The molecule has 1 rings (SSSR count). The van der Waals surface area contributed by atoms with Crippen molar-refractivity contribution in [1.82, 2.24) is 4.72 Å². The van der Waals surface area contributed by atoms with Crippen LogP contribution in [0.15, 0.2) is 23.1 Å². The summed E-state index contributed by atoms with van der Waals surface area (Å²) in [5.41, 5.74) is 10.4. The van der Waals surface area contributed by atoms with Gasteiger partial charge in [-0.05, 0) is 18.2 Å². The topological polar surface area (TPSA) is 175 Å². The highest BCUT2D eigenvalue weighted by molar-refractivity contribution is 7.90. The summed E-state index contributed by atoms with van der Waals surface area (Å²) in [7, 11) is -7.78. The third-order valence-corrected chi connectivity index (χ3v) is 4.57. The van der Waals surface area contributed by atoms with Crippen molar-refractivity contribution in [3.8, 4) is 0 Å². The molecule has 0 saturated carbocycles. The van der Waals surface area contributed by atoms with Crippen LogP contribution in [0.2, 0.25) is 0 Å². The molecule has 0 atom stereocenters. The van der Waals surface area contributed by atoms with Crippen molar-refractivity contribution < 1.29 is 21.6 Å². The quantitative estimate of drug-likeness (QED) is 0.437. The Morgan fingerprint density at radius 1 is 1.20 bits per heavy atom. The number of benzene rings is 1. The molecule has 0 aromatic heterocycles. The zero-order valence-corrected chi connectivity index (χ0v) is 11.9. The van der Waals surface area contributed by atoms with Crippen LogP contribution in [0.4, 0.5) is 5.69 Å². The molecule has 0 unspecified atom stereocenters. The first-order valence-corrected chi connectivity index (χ1v) is 8.42. The second-order valence-electron chi connectivity index (χ2n) is 3.88. The molecule has 0 aliphatic carbocycles. The molecule has 20 heavy (non-hydrogen) atoms. The molecule has 0 saturated heterocycles. The molecule has 0 radical (unpaired) electrons. The second kappa shape index (κ2) is 5.75. The SMILES string of the molecule is NC(=O)c1ccc(S(=O)(=O)NCCS(N)(=O)=O)c(N)c1. The van der Waals surface area contributed by atoms with Crippen molar-refractivity contribution >= 4 is 31.6 Å². The van der Waals surface area contributed by atoms with E-state index in [1.54, 1.807) is 0 Å². The molecule has 1 aromatic rings. The van der Waals surface area contributed by atoms with E-state index >= 15 is 0 Å². The zero-order valence-electron chi connectivity index (χ0n) is 10.2. The van der Waals surface area contributed by atoms with Gasteiger partial charge in [-0.25, -0.2) is 26.7 Å². The molecule has 0 aliphatic rings. The van der Waals surface area contributed by atoms with Crippen LogP contribution in [0.5, 0.6) is 0 Å². The first kappa shape index (κ1) is 16.4. The van der Waals surface area contributed by atoms with Crippen LogP contribution in [0.1, 0.15) is 10.4 Å². The zero-order chi connectivity index (χ0) is 15.6. The Balaban J connectivity index is 2.96. The number of nitrogens with two attached hydrogens (primary N) is 3. The lowest BCUT2D eigenvalue weighted by molar-refractivity contribution is 0.1000. The van der Waals surface area contributed by atoms with Crippen molar-refractivity contribution in [3.63, 3.8) is 0 Å². The van der Waals surface area contributed by atoms with Gasteiger partial charge < -0.3 is 11.5 Å². The Labute approximate surface area is 116 Å². The summed E-state index contributed by atoms with van der Waals surface area (Å²) in [4.78, 5) is 10.6. The lowest BCUT2D eigenvalue weighted by atomic mass is 10.2. The predicted molar refractivity (Wildman–Crippen MR) is 72.5 cm³/mol. The number of carbonyl (C=O) groups excluding carboxylic acids is 1. The Hall–Kier alpha value is -1.69. The molecular formula is C9H14N4O5S2. The minimum atomic E-state index is -4.00. The summed E-state index contributed by atoms with van der Waals surface area (Å²) in [6, 6.07) is 3.43. The molecule has 7 N–H and O–H groups in total. The first-order chi connectivity index (χ1) is 9.03. The fourth-order valence-electron chi connectivity index (χ4n) is 1.34. The van der Waals surface area contributed by atoms with E-state index < -0.39 is 38.3 Å². The highest BCUT2D eigenvalue weighted by atomic mass is 32.2. The Morgan fingerprint density at radius 2 is 1.80 bits per heavy atom. The van der Waals surface area contributed by atoms with Crippen LogP contribution in [-0.4, -0.2) is 35.0 Å². The molecule has 0 heterocycles. The first-order valence-electron chi connectivity index (χ1n) is 5.22. The van der Waals surface area contributed by atoms with Crippen molar-refractivity contribution in [2.45, 2.75) is 4.90 Å². The van der Waals surface area contributed by atoms with Crippen molar-refractivity contribution in [2.24, 2.45) is 10.9 Å². The van der Waals surface area contributed by atoms with E-state index in [0.717, 1.165) is 12.1 Å². The molecular weight excluding hydrogens is 308 g/mol. The maximum atomic E-state index is 11.9. The van der Waals surface area contributed by atoms with Crippen LogP contribution >= 0.6 is 0 Å². The number of primary sulfonamides is 1. The summed E-state index contributed by atoms with van der Waals surface area (Å²) in [6.07, 6.45) is 0. The van der Waals surface area contributed by atoms with E-state index in [1.807, 2.05) is 4.72 Å². The Bertz CT molecular complexity index is 727. The van der Waals surface area contributed by atoms with Gasteiger partial charge in [0.15, 0.2) is 0 Å². The summed E-state index contributed by atoms with van der Waals surface area (Å²) >= 11 is 0. The van der Waals surface area contributed by atoms with Gasteiger partial charge in [0.05, 0.1) is 11.4 Å². The lowest BCUT2D eigenvalue weighted by Gasteiger charge is -2.09. The minimum absolute atomic E-state index is 0.0611. The van der Waals surface area contributed by atoms with Crippen molar-refractivity contribution in [2.75, 3.05) is 18.0 Å². The highest BCUT2D eigenvalue weighted by Crippen LogP contribution is 2.19. The number of anilines is 1. The third-order valence-electron chi connectivity index (χ3n) is 2.26. The Morgan fingerprint density at radius 3 is 2.25 bits per heavy atom. The molecule has 11 heteroatoms. The Kier molecular flexibility index (Phi) is 4.70. The van der Waals surface area contributed by atoms with Gasteiger partial charge in [-0.15, -0.1) is 0 Å². The number of sulfonamides is 2. The number of nitrogen functional groups attached to an aromatic ring is 1. The minimum Gasteiger partial charge on any atom is -0.398 e. The number of hydrogen-bond donors (Lipinski definition) is 4. The van der Waals surface area contributed by atoms with Crippen LogP contribution in [-0.2, 0) is 20.0 Å². The maximum Gasteiger partial charge on any atom is 0.248 e. The van der Waals surface area contributed by atoms with Gasteiger partial charge in [-0.3, -0.25) is 4.79 Å². The largest absolute Gasteiger partial charge is 0.398 e. The van der Waals surface area contributed by atoms with Gasteiger partial charge in [0.25, 0.3) is 0 Å². The molecule has 1 aromatic carbocycles. The number of rotatable bonds is 6. The van der Waals surface area contributed by atoms with Crippen molar-refractivity contribution in [1.29, 1.82) is 0 Å². The average Bonchev–Trinajstić information content (AvgIpc) is 2.26. The van der Waals surface area contributed by atoms with Crippen LogP contribution in [0.25, 0.3) is 0 Å². The fraction of sp³-hybridized carbons (Fsp3) is 0.222.